The molecule has 0 amide bonds. The van der Waals surface area contributed by atoms with E-state index in [1.54, 1.807) is 0 Å². The minimum absolute atomic E-state index is 1.29. The van der Waals surface area contributed by atoms with E-state index in [0.29, 0.717) is 0 Å². The molecule has 0 aromatic carbocycles. The van der Waals surface area contributed by atoms with Crippen molar-refractivity contribution in [3.05, 3.63) is 0 Å². The molecule has 0 aromatic heterocycles. The van der Waals surface area contributed by atoms with Crippen molar-refractivity contribution in [3.63, 3.8) is 0 Å². The van der Waals surface area contributed by atoms with E-state index in [4.69, 9.17) is 11.1 Å². The third-order valence-electron chi connectivity index (χ3n) is 4.15. The van der Waals surface area contributed by atoms with Crippen molar-refractivity contribution in [1.29, 1.82) is 0 Å². The van der Waals surface area contributed by atoms with Gasteiger partial charge in [0.1, 0.15) is 0 Å². The molecule has 0 rings (SSSR count). The Labute approximate surface area is 128 Å². The van der Waals surface area contributed by atoms with Gasteiger partial charge in [-0.2, -0.15) is 11.1 Å². The van der Waals surface area contributed by atoms with Gasteiger partial charge in [0, 0.05) is 0 Å². The first kappa shape index (κ1) is 19.5. The zero-order chi connectivity index (χ0) is 14.4. The Kier molecular flexibility index (Phi) is 13.8. The third kappa shape index (κ3) is 12.0. The molecule has 0 bridgehead atoms. The second-order valence-electron chi connectivity index (χ2n) is 6.23. The molecule has 0 unspecified atom stereocenters. The minimum atomic E-state index is -1.40. The van der Waals surface area contributed by atoms with Crippen LogP contribution in [0.4, 0.5) is 0 Å². The zero-order valence-electron chi connectivity index (χ0n) is 13.8. The third-order valence-corrected chi connectivity index (χ3v) is 9.75. The first-order chi connectivity index (χ1) is 9.18. The molecule has 0 aliphatic carbocycles. The molecule has 0 spiro atoms. The maximum absolute atomic E-state index is 7.00. The molecule has 0 heterocycles. The molecule has 0 saturated carbocycles. The smallest absolute Gasteiger partial charge is 0.156 e. The van der Waals surface area contributed by atoms with Gasteiger partial charge in [0.25, 0.3) is 0 Å². The van der Waals surface area contributed by atoms with Gasteiger partial charge in [0.2, 0.25) is 0 Å². The highest BCUT2D eigenvalue weighted by Crippen LogP contribution is 2.32. The van der Waals surface area contributed by atoms with Crippen molar-refractivity contribution in [2.45, 2.75) is 110 Å². The summed E-state index contributed by atoms with van der Waals surface area (Å²) in [6.45, 7) is 6.88. The number of hydrogen-bond acceptors (Lipinski definition) is 0. The summed E-state index contributed by atoms with van der Waals surface area (Å²) in [6.07, 6.45) is 15.2. The van der Waals surface area contributed by atoms with Crippen molar-refractivity contribution in [1.82, 2.24) is 0 Å². The molecule has 0 atom stereocenters. The van der Waals surface area contributed by atoms with E-state index in [9.17, 15) is 0 Å². The molecule has 0 nitrogen and oxygen atoms in total. The Morgan fingerprint density at radius 2 is 0.947 bits per heavy atom. The van der Waals surface area contributed by atoms with Gasteiger partial charge in [0.15, 0.2) is 7.38 Å². The lowest BCUT2D eigenvalue weighted by molar-refractivity contribution is 0.643. The molecule has 0 radical (unpaired) electrons. The van der Waals surface area contributed by atoms with Gasteiger partial charge in [-0.1, -0.05) is 91.4 Å². The second-order valence-corrected chi connectivity index (χ2v) is 12.4. The van der Waals surface area contributed by atoms with E-state index in [1.165, 1.54) is 88.8 Å². The fourth-order valence-corrected chi connectivity index (χ4v) is 7.70. The molecule has 0 saturated heterocycles. The maximum Gasteiger partial charge on any atom is 0.156 e. The van der Waals surface area contributed by atoms with Crippen LogP contribution in [0, 0.1) is 0 Å². The molecule has 0 aliphatic heterocycles. The van der Waals surface area contributed by atoms with Crippen molar-refractivity contribution in [3.8, 4) is 0 Å². The van der Waals surface area contributed by atoms with Crippen LogP contribution in [-0.4, -0.2) is 7.38 Å². The quantitative estimate of drug-likeness (QED) is 0.177. The Bertz CT molecular complexity index is 168. The average molecular weight is 305 g/mol. The number of hydrogen-bond donors (Lipinski definition) is 0. The number of halogens is 1. The molecule has 19 heavy (non-hydrogen) atoms. The van der Waals surface area contributed by atoms with Crippen molar-refractivity contribution in [2.75, 3.05) is 0 Å². The molecule has 0 aliphatic rings. The van der Waals surface area contributed by atoms with Crippen molar-refractivity contribution in [2.24, 2.45) is 0 Å². The lowest BCUT2D eigenvalue weighted by Crippen LogP contribution is -2.26. The van der Waals surface area contributed by atoms with E-state index >= 15 is 0 Å². The van der Waals surface area contributed by atoms with E-state index in [0.717, 1.165) is 0 Å². The topological polar surface area (TPSA) is 0 Å². The molecule has 0 N–H and O–H groups in total. The predicted octanol–water partition coefficient (Wildman–Crippen LogP) is 7.52. The summed E-state index contributed by atoms with van der Waals surface area (Å²) in [5, 5.41) is 0. The number of unbranched alkanes of at least 4 members (excludes halogenated alkanes) is 8. The van der Waals surface area contributed by atoms with Crippen LogP contribution >= 0.6 is 11.1 Å². The van der Waals surface area contributed by atoms with Gasteiger partial charge in [-0.15, -0.1) is 0 Å². The molecule has 116 valence electrons. The summed E-state index contributed by atoms with van der Waals surface area (Å²) >= 11 is 7.00. The van der Waals surface area contributed by atoms with Crippen LogP contribution in [0.15, 0.2) is 0 Å². The van der Waals surface area contributed by atoms with Gasteiger partial charge < -0.3 is 0 Å². The van der Waals surface area contributed by atoms with E-state index in [1.807, 2.05) is 0 Å². The highest BCUT2D eigenvalue weighted by molar-refractivity contribution is 7.20. The van der Waals surface area contributed by atoms with Crippen LogP contribution in [0.3, 0.4) is 0 Å². The predicted molar refractivity (Wildman–Crippen MR) is 93.8 cm³/mol. The highest BCUT2D eigenvalue weighted by Gasteiger charge is 2.28. The lowest BCUT2D eigenvalue weighted by Gasteiger charge is -2.24. The Morgan fingerprint density at radius 3 is 1.32 bits per heavy atom. The lowest BCUT2D eigenvalue weighted by atomic mass is 10.2. The monoisotopic (exact) mass is 304 g/mol. The fraction of sp³-hybridized carbons (Fsp3) is 1.00. The summed E-state index contributed by atoms with van der Waals surface area (Å²) < 4.78 is 0. The highest BCUT2D eigenvalue weighted by atomic mass is 35.6. The maximum atomic E-state index is 7.00. The molecular weight excluding hydrogens is 268 g/mol. The Balaban J connectivity index is 3.76. The normalized spacial score (nSPS) is 12.0. The van der Waals surface area contributed by atoms with Gasteiger partial charge in [-0.3, -0.25) is 0 Å². The Morgan fingerprint density at radius 1 is 0.526 bits per heavy atom. The van der Waals surface area contributed by atoms with Crippen LogP contribution in [0.5, 0.6) is 0 Å². The van der Waals surface area contributed by atoms with Gasteiger partial charge >= 0.3 is 0 Å². The van der Waals surface area contributed by atoms with Crippen LogP contribution < -0.4 is 0 Å². The molecular formula is C17H37ClSi. The Hall–Kier alpha value is 0.507. The van der Waals surface area contributed by atoms with Crippen LogP contribution in [0.1, 0.15) is 91.4 Å². The van der Waals surface area contributed by atoms with Gasteiger partial charge in [-0.25, -0.2) is 0 Å². The number of rotatable bonds is 14. The SMILES string of the molecule is CCCCCCC[Si](Cl)(CCC)CCCCCCC. The zero-order valence-corrected chi connectivity index (χ0v) is 15.5. The van der Waals surface area contributed by atoms with E-state index < -0.39 is 7.38 Å². The average Bonchev–Trinajstić information content (AvgIpc) is 2.39. The van der Waals surface area contributed by atoms with E-state index in [2.05, 4.69) is 20.8 Å². The minimum Gasteiger partial charge on any atom is -0.167 e. The van der Waals surface area contributed by atoms with Gasteiger partial charge in [-0.05, 0) is 18.1 Å². The molecule has 2 heteroatoms. The largest absolute Gasteiger partial charge is 0.167 e. The standard InChI is InChI=1S/C17H37ClSi/c1-4-7-9-11-13-16-19(18,15-6-3)17-14-12-10-8-5-2/h4-17H2,1-3H3. The van der Waals surface area contributed by atoms with Gasteiger partial charge in [0.05, 0.1) is 0 Å². The first-order valence-electron chi connectivity index (χ1n) is 8.87. The van der Waals surface area contributed by atoms with Crippen molar-refractivity contribution < 1.29 is 0 Å². The second kappa shape index (κ2) is 13.5. The summed E-state index contributed by atoms with van der Waals surface area (Å²) in [5.74, 6) is 0. The summed E-state index contributed by atoms with van der Waals surface area (Å²) in [6, 6.07) is 4.09. The van der Waals surface area contributed by atoms with Crippen LogP contribution in [0.25, 0.3) is 0 Å². The summed E-state index contributed by atoms with van der Waals surface area (Å²) in [4.78, 5) is 0. The van der Waals surface area contributed by atoms with Crippen LogP contribution in [-0.2, 0) is 0 Å². The molecule has 0 aromatic rings. The summed E-state index contributed by atoms with van der Waals surface area (Å²) in [7, 11) is -1.40. The van der Waals surface area contributed by atoms with Crippen molar-refractivity contribution >= 4 is 18.5 Å². The molecule has 0 fully saturated rings. The van der Waals surface area contributed by atoms with Crippen LogP contribution in [0.2, 0.25) is 18.1 Å². The van der Waals surface area contributed by atoms with E-state index in [-0.39, 0.29) is 0 Å². The first-order valence-corrected chi connectivity index (χ1v) is 12.5. The summed E-state index contributed by atoms with van der Waals surface area (Å²) in [5.41, 5.74) is 0. The fourth-order valence-electron chi connectivity index (χ4n) is 2.91.